The van der Waals surface area contributed by atoms with Gasteiger partial charge in [-0.05, 0) is 42.8 Å². The first kappa shape index (κ1) is 26.5. The molecule has 1 aliphatic heterocycles. The number of nitrogens with zero attached hydrogens (tertiary/aromatic N) is 2. The molecule has 1 aliphatic rings. The zero-order valence-corrected chi connectivity index (χ0v) is 22.2. The number of H-pyrrole nitrogens is 1. The fraction of sp³-hybridized carbons (Fsp3) is 0.276. The molecule has 2 aromatic heterocycles. The molecule has 0 amide bonds. The maximum atomic E-state index is 15.1. The van der Waals surface area contributed by atoms with Crippen LogP contribution in [-0.2, 0) is 5.92 Å². The highest BCUT2D eigenvalue weighted by Crippen LogP contribution is 2.51. The fourth-order valence-electron chi connectivity index (χ4n) is 5.05. The standard InChI is InChI=1S/C29H25F5N4OS/c1-29(33,34)22-11-16(31)3-5-19(22)28-26(20-6-8-24-21(13-35-37-24)27(20)40-28)39-18-4-7-25(23(32)12-18)36-17-14-38(15-17)10-2-9-30/h3-8,11-13,17,36H,2,9-10,14-15H2,1H3,(H,35,37). The third-order valence-corrected chi connectivity index (χ3v) is 8.27. The van der Waals surface area contributed by atoms with E-state index in [9.17, 15) is 17.6 Å². The van der Waals surface area contributed by atoms with Gasteiger partial charge >= 0.3 is 0 Å². The van der Waals surface area contributed by atoms with Crippen molar-refractivity contribution in [2.45, 2.75) is 25.3 Å². The molecule has 0 bridgehead atoms. The van der Waals surface area contributed by atoms with Gasteiger partial charge in [0.15, 0.2) is 5.75 Å². The average molecular weight is 573 g/mol. The molecule has 0 saturated carbocycles. The van der Waals surface area contributed by atoms with E-state index in [-0.39, 0.29) is 29.8 Å². The molecule has 0 aliphatic carbocycles. The lowest BCUT2D eigenvalue weighted by atomic mass is 10.00. The van der Waals surface area contributed by atoms with Crippen LogP contribution in [0, 0.1) is 11.6 Å². The molecule has 0 spiro atoms. The first-order valence-electron chi connectivity index (χ1n) is 12.8. The highest BCUT2D eigenvalue weighted by Gasteiger charge is 2.32. The van der Waals surface area contributed by atoms with Crippen molar-refractivity contribution in [3.05, 3.63) is 71.9 Å². The van der Waals surface area contributed by atoms with Gasteiger partial charge in [0.05, 0.1) is 35.0 Å². The SMILES string of the molecule is CC(F)(F)c1cc(F)ccc1-c1sc2c(ccc3[nH]ncc32)c1Oc1ccc(NC2CN(CCCF)C2)c(F)c1. The summed E-state index contributed by atoms with van der Waals surface area (Å²) in [5.41, 5.74) is 0.721. The molecule has 5 aromatic rings. The molecule has 208 valence electrons. The number of benzene rings is 3. The minimum atomic E-state index is -3.32. The second-order valence-electron chi connectivity index (χ2n) is 10.00. The van der Waals surface area contributed by atoms with Crippen molar-refractivity contribution in [2.24, 2.45) is 0 Å². The van der Waals surface area contributed by atoms with Crippen LogP contribution in [0.2, 0.25) is 0 Å². The van der Waals surface area contributed by atoms with E-state index < -0.39 is 23.1 Å². The molecule has 1 fully saturated rings. The van der Waals surface area contributed by atoms with E-state index >= 15 is 4.39 Å². The zero-order chi connectivity index (χ0) is 28.0. The van der Waals surface area contributed by atoms with Crippen LogP contribution in [0.3, 0.4) is 0 Å². The number of hydrogen-bond donors (Lipinski definition) is 2. The molecular weight excluding hydrogens is 547 g/mol. The monoisotopic (exact) mass is 572 g/mol. The van der Waals surface area contributed by atoms with E-state index in [2.05, 4.69) is 20.4 Å². The molecule has 3 heterocycles. The average Bonchev–Trinajstić information content (AvgIpc) is 3.51. The molecule has 1 saturated heterocycles. The molecule has 40 heavy (non-hydrogen) atoms. The summed E-state index contributed by atoms with van der Waals surface area (Å²) in [6, 6.07) is 11.3. The van der Waals surface area contributed by atoms with Crippen molar-refractivity contribution in [2.75, 3.05) is 31.6 Å². The number of hydrogen-bond acceptors (Lipinski definition) is 5. The summed E-state index contributed by atoms with van der Waals surface area (Å²) in [5, 5.41) is 11.5. The van der Waals surface area contributed by atoms with Crippen LogP contribution in [0.1, 0.15) is 18.9 Å². The number of likely N-dealkylation sites (tertiary alicyclic amines) is 1. The summed E-state index contributed by atoms with van der Waals surface area (Å²) in [6.07, 6.45) is 2.12. The van der Waals surface area contributed by atoms with Gasteiger partial charge in [-0.2, -0.15) is 5.10 Å². The zero-order valence-electron chi connectivity index (χ0n) is 21.4. The maximum Gasteiger partial charge on any atom is 0.271 e. The van der Waals surface area contributed by atoms with Crippen LogP contribution in [0.25, 0.3) is 31.4 Å². The minimum absolute atomic E-state index is 0.0540. The lowest BCUT2D eigenvalue weighted by Crippen LogP contribution is -2.54. The molecule has 6 rings (SSSR count). The van der Waals surface area contributed by atoms with Crippen molar-refractivity contribution in [1.82, 2.24) is 15.1 Å². The highest BCUT2D eigenvalue weighted by molar-refractivity contribution is 7.23. The topological polar surface area (TPSA) is 53.2 Å². The Bertz CT molecular complexity index is 1690. The Morgan fingerprint density at radius 3 is 2.67 bits per heavy atom. The molecule has 11 heteroatoms. The van der Waals surface area contributed by atoms with Crippen molar-refractivity contribution < 1.29 is 26.7 Å². The normalized spacial score (nSPS) is 14.7. The first-order chi connectivity index (χ1) is 19.2. The Balaban J connectivity index is 1.36. The van der Waals surface area contributed by atoms with Crippen LogP contribution in [0.15, 0.2) is 54.7 Å². The van der Waals surface area contributed by atoms with E-state index in [1.807, 2.05) is 0 Å². The van der Waals surface area contributed by atoms with E-state index in [1.54, 1.807) is 30.5 Å². The van der Waals surface area contributed by atoms with Crippen molar-refractivity contribution in [1.29, 1.82) is 0 Å². The number of aromatic nitrogens is 2. The first-order valence-corrected chi connectivity index (χ1v) is 13.6. The third kappa shape index (κ3) is 4.99. The molecule has 2 N–H and O–H groups in total. The van der Waals surface area contributed by atoms with Crippen molar-refractivity contribution >= 4 is 38.0 Å². The van der Waals surface area contributed by atoms with Crippen molar-refractivity contribution in [3.8, 4) is 21.9 Å². The molecule has 3 aromatic carbocycles. The van der Waals surface area contributed by atoms with Gasteiger partial charge in [-0.15, -0.1) is 11.3 Å². The lowest BCUT2D eigenvalue weighted by molar-refractivity contribution is 0.0178. The molecule has 0 unspecified atom stereocenters. The van der Waals surface area contributed by atoms with Crippen molar-refractivity contribution in [3.63, 3.8) is 0 Å². The summed E-state index contributed by atoms with van der Waals surface area (Å²) < 4.78 is 77.7. The molecule has 5 nitrogen and oxygen atoms in total. The van der Waals surface area contributed by atoms with Crippen LogP contribution >= 0.6 is 11.3 Å². The van der Waals surface area contributed by atoms with Crippen LogP contribution in [-0.4, -0.2) is 47.4 Å². The molecule has 0 atom stereocenters. The van der Waals surface area contributed by atoms with Gasteiger partial charge < -0.3 is 10.1 Å². The lowest BCUT2D eigenvalue weighted by Gasteiger charge is -2.40. The predicted molar refractivity (Wildman–Crippen MR) is 147 cm³/mol. The Labute approximate surface area is 230 Å². The summed E-state index contributed by atoms with van der Waals surface area (Å²) in [6.45, 7) is 2.43. The molecular formula is C29H25F5N4OS. The van der Waals surface area contributed by atoms with Gasteiger partial charge in [0.1, 0.15) is 17.4 Å². The number of rotatable bonds is 9. The number of aromatic amines is 1. The van der Waals surface area contributed by atoms with Gasteiger partial charge in [0.25, 0.3) is 5.92 Å². The second-order valence-corrected chi connectivity index (χ2v) is 11.0. The number of halogens is 5. The predicted octanol–water partition coefficient (Wildman–Crippen LogP) is 8.08. The van der Waals surface area contributed by atoms with Crippen LogP contribution in [0.4, 0.5) is 27.6 Å². The highest BCUT2D eigenvalue weighted by atomic mass is 32.1. The summed E-state index contributed by atoms with van der Waals surface area (Å²) in [4.78, 5) is 2.46. The van der Waals surface area contributed by atoms with Crippen LogP contribution < -0.4 is 10.1 Å². The number of ether oxygens (including phenoxy) is 1. The van der Waals surface area contributed by atoms with Gasteiger partial charge in [-0.3, -0.25) is 14.4 Å². The maximum absolute atomic E-state index is 15.1. The fourth-order valence-corrected chi connectivity index (χ4v) is 6.33. The van der Waals surface area contributed by atoms with Gasteiger partial charge in [0, 0.05) is 59.2 Å². The number of anilines is 1. The minimum Gasteiger partial charge on any atom is -0.455 e. The Hall–Kier alpha value is -3.70. The van der Waals surface area contributed by atoms with E-state index in [0.29, 0.717) is 42.0 Å². The largest absolute Gasteiger partial charge is 0.455 e. The summed E-state index contributed by atoms with van der Waals surface area (Å²) in [5.74, 6) is -4.17. The Kier molecular flexibility index (Phi) is 6.87. The second kappa shape index (κ2) is 10.4. The van der Waals surface area contributed by atoms with Gasteiger partial charge in [-0.25, -0.2) is 17.6 Å². The smallest absolute Gasteiger partial charge is 0.271 e. The van der Waals surface area contributed by atoms with E-state index in [0.717, 1.165) is 34.7 Å². The Morgan fingerprint density at radius 2 is 1.93 bits per heavy atom. The number of nitrogens with one attached hydrogen (secondary N) is 2. The molecule has 0 radical (unpaired) electrons. The summed E-state index contributed by atoms with van der Waals surface area (Å²) in [7, 11) is 0. The van der Waals surface area contributed by atoms with Gasteiger partial charge in [-0.1, -0.05) is 6.07 Å². The number of thiophene rings is 1. The number of alkyl halides is 3. The van der Waals surface area contributed by atoms with E-state index in [1.165, 1.54) is 23.5 Å². The quantitative estimate of drug-likeness (QED) is 0.175. The third-order valence-electron chi connectivity index (χ3n) is 7.01. The number of fused-ring (bicyclic) bond motifs is 3. The Morgan fingerprint density at radius 1 is 1.10 bits per heavy atom. The van der Waals surface area contributed by atoms with Gasteiger partial charge in [0.2, 0.25) is 0 Å². The van der Waals surface area contributed by atoms with E-state index in [4.69, 9.17) is 4.74 Å². The van der Waals surface area contributed by atoms with Crippen LogP contribution in [0.5, 0.6) is 11.5 Å². The summed E-state index contributed by atoms with van der Waals surface area (Å²) >= 11 is 1.22.